The molecule has 0 N–H and O–H groups in total. The summed E-state index contributed by atoms with van der Waals surface area (Å²) in [6.07, 6.45) is 0. The molecule has 0 radical (unpaired) electrons. The van der Waals surface area contributed by atoms with Crippen LogP contribution in [0.15, 0.2) is 288 Å². The first-order chi connectivity index (χ1) is 38.7. The molecular weight excluding hydrogens is 953 g/mol. The number of aromatic nitrogens is 2. The van der Waals surface area contributed by atoms with Gasteiger partial charge in [-0.3, -0.25) is 0 Å². The minimum absolute atomic E-state index is 0.877. The molecule has 4 heterocycles. The molecule has 6 heteroatoms. The van der Waals surface area contributed by atoms with Gasteiger partial charge in [0, 0.05) is 77.8 Å². The molecule has 16 rings (SSSR count). The standard InChI is InChI=1S/C72H46N4O2/c1-5-21-49(22-6-1)73(50-23-7-2-8-24-50)55-43-48(44-56(45-55)74(51-25-9-3-10-26-51)52-27-11-4-12-28-52)47-20-19-29-53(42-47)75-63-33-16-13-31-60(63)69-65(75)39-37-58-59-38-40-66-70(72(59)78-71(58)69)61-32-14-17-34-64(61)76(66)54-36-41-68-62(46-54)57-30-15-18-35-67(57)77-68/h1-46H. The Hall–Kier alpha value is -10.6. The van der Waals surface area contributed by atoms with E-state index in [1.807, 2.05) is 12.1 Å². The molecule has 12 aromatic carbocycles. The Bertz CT molecular complexity index is 4800. The molecule has 0 aliphatic rings. The average molecular weight is 999 g/mol. The molecule has 78 heavy (non-hydrogen) atoms. The van der Waals surface area contributed by atoms with Gasteiger partial charge in [-0.15, -0.1) is 0 Å². The van der Waals surface area contributed by atoms with Gasteiger partial charge in [0.05, 0.1) is 32.8 Å². The predicted octanol–water partition coefficient (Wildman–Crippen LogP) is 20.3. The third-order valence-electron chi connectivity index (χ3n) is 15.6. The number of hydrogen-bond acceptors (Lipinski definition) is 4. The Labute approximate surface area is 448 Å². The molecule has 4 aromatic heterocycles. The minimum Gasteiger partial charge on any atom is -0.456 e. The summed E-state index contributed by atoms with van der Waals surface area (Å²) in [5.41, 5.74) is 18.6. The van der Waals surface area contributed by atoms with Gasteiger partial charge in [0.1, 0.15) is 22.3 Å². The molecule has 0 saturated carbocycles. The summed E-state index contributed by atoms with van der Waals surface area (Å²) in [6.45, 7) is 0. The van der Waals surface area contributed by atoms with E-state index in [1.54, 1.807) is 0 Å². The number of fused-ring (bicyclic) bond motifs is 14. The normalized spacial score (nSPS) is 11.8. The van der Waals surface area contributed by atoms with E-state index in [-0.39, 0.29) is 0 Å². The number of furan rings is 2. The first-order valence-corrected chi connectivity index (χ1v) is 26.5. The van der Waals surface area contributed by atoms with Gasteiger partial charge in [-0.1, -0.05) is 140 Å². The Morgan fingerprint density at radius 3 is 1.22 bits per heavy atom. The van der Waals surface area contributed by atoms with E-state index < -0.39 is 0 Å². The van der Waals surface area contributed by atoms with Crippen LogP contribution in [0.1, 0.15) is 0 Å². The summed E-state index contributed by atoms with van der Waals surface area (Å²) in [6, 6.07) is 99.8. The van der Waals surface area contributed by atoms with E-state index in [0.29, 0.717) is 0 Å². The summed E-state index contributed by atoms with van der Waals surface area (Å²) in [7, 11) is 0. The fourth-order valence-corrected chi connectivity index (χ4v) is 12.3. The predicted molar refractivity (Wildman–Crippen MR) is 324 cm³/mol. The SMILES string of the molecule is c1ccc(N(c2ccccc2)c2cc(-c3cccc(-n4c5ccccc5c5c6oc7c(ccc8c7c7ccccc7n8-c7ccc8oc9ccccc9c8c7)c6ccc54)c3)cc(N(c3ccccc3)c3ccccc3)c2)cc1. The van der Waals surface area contributed by atoms with Gasteiger partial charge >= 0.3 is 0 Å². The smallest absolute Gasteiger partial charge is 0.145 e. The second kappa shape index (κ2) is 17.5. The molecule has 0 aliphatic carbocycles. The molecular formula is C72H46N4O2. The molecule has 0 fully saturated rings. The largest absolute Gasteiger partial charge is 0.456 e. The van der Waals surface area contributed by atoms with Crippen LogP contribution in [0.25, 0.3) is 110 Å². The summed E-state index contributed by atoms with van der Waals surface area (Å²) in [4.78, 5) is 4.70. The first-order valence-electron chi connectivity index (χ1n) is 26.5. The topological polar surface area (TPSA) is 42.6 Å². The highest BCUT2D eigenvalue weighted by atomic mass is 16.3. The quantitative estimate of drug-likeness (QED) is 0.145. The number of anilines is 6. The fourth-order valence-electron chi connectivity index (χ4n) is 12.3. The third kappa shape index (κ3) is 6.83. The maximum atomic E-state index is 7.37. The van der Waals surface area contributed by atoms with E-state index in [2.05, 4.69) is 286 Å². The summed E-state index contributed by atoms with van der Waals surface area (Å²) in [5, 5.41) is 8.84. The molecule has 0 unspecified atom stereocenters. The highest BCUT2D eigenvalue weighted by Gasteiger charge is 2.24. The summed E-state index contributed by atoms with van der Waals surface area (Å²) >= 11 is 0. The second-order valence-electron chi connectivity index (χ2n) is 20.1. The Morgan fingerprint density at radius 2 is 0.692 bits per heavy atom. The van der Waals surface area contributed by atoms with Crippen LogP contribution in [0, 0.1) is 0 Å². The molecule has 0 saturated heterocycles. The zero-order valence-electron chi connectivity index (χ0n) is 42.2. The van der Waals surface area contributed by atoms with Gasteiger partial charge in [-0.25, -0.2) is 0 Å². The minimum atomic E-state index is 0.877. The number of benzene rings is 12. The Balaban J connectivity index is 0.892. The zero-order valence-corrected chi connectivity index (χ0v) is 42.2. The van der Waals surface area contributed by atoms with E-state index >= 15 is 0 Å². The monoisotopic (exact) mass is 998 g/mol. The van der Waals surface area contributed by atoms with Crippen LogP contribution < -0.4 is 9.80 Å². The maximum Gasteiger partial charge on any atom is 0.145 e. The number of nitrogens with zero attached hydrogens (tertiary/aromatic N) is 4. The van der Waals surface area contributed by atoms with Gasteiger partial charge < -0.3 is 27.8 Å². The molecule has 0 bridgehead atoms. The van der Waals surface area contributed by atoms with E-state index in [9.17, 15) is 0 Å². The van der Waals surface area contributed by atoms with E-state index in [0.717, 1.165) is 144 Å². The van der Waals surface area contributed by atoms with Gasteiger partial charge in [0.15, 0.2) is 0 Å². The van der Waals surface area contributed by atoms with Crippen molar-refractivity contribution in [2.45, 2.75) is 0 Å². The summed E-state index contributed by atoms with van der Waals surface area (Å²) in [5.74, 6) is 0. The highest BCUT2D eigenvalue weighted by molar-refractivity contribution is 6.29. The summed E-state index contributed by atoms with van der Waals surface area (Å²) < 4.78 is 18.4. The van der Waals surface area contributed by atoms with Gasteiger partial charge in [0.25, 0.3) is 0 Å². The van der Waals surface area contributed by atoms with E-state index in [1.165, 1.54) is 0 Å². The van der Waals surface area contributed by atoms with Crippen molar-refractivity contribution in [3.63, 3.8) is 0 Å². The molecule has 6 nitrogen and oxygen atoms in total. The van der Waals surface area contributed by atoms with Crippen LogP contribution >= 0.6 is 0 Å². The number of hydrogen-bond donors (Lipinski definition) is 0. The van der Waals surface area contributed by atoms with E-state index in [4.69, 9.17) is 8.83 Å². The average Bonchev–Trinajstić information content (AvgIpc) is 4.40. The Kier molecular flexibility index (Phi) is 9.84. The third-order valence-corrected chi connectivity index (χ3v) is 15.6. The van der Waals surface area contributed by atoms with Gasteiger partial charge in [0.2, 0.25) is 0 Å². The first kappa shape index (κ1) is 43.8. The van der Waals surface area contributed by atoms with Crippen molar-refractivity contribution < 1.29 is 8.83 Å². The maximum absolute atomic E-state index is 7.37. The van der Waals surface area contributed by atoms with Crippen molar-refractivity contribution in [2.75, 3.05) is 9.80 Å². The van der Waals surface area contributed by atoms with Crippen molar-refractivity contribution in [2.24, 2.45) is 0 Å². The highest BCUT2D eigenvalue weighted by Crippen LogP contribution is 2.47. The van der Waals surface area contributed by atoms with Crippen LogP contribution in [0.2, 0.25) is 0 Å². The Morgan fingerprint density at radius 1 is 0.244 bits per heavy atom. The molecule has 0 spiro atoms. The van der Waals surface area contributed by atoms with Gasteiger partial charge in [-0.05, 0) is 151 Å². The van der Waals surface area contributed by atoms with Crippen LogP contribution in [0.5, 0.6) is 0 Å². The lowest BCUT2D eigenvalue weighted by Gasteiger charge is -2.30. The lowest BCUT2D eigenvalue weighted by molar-refractivity contribution is 0.669. The number of rotatable bonds is 9. The molecule has 16 aromatic rings. The van der Waals surface area contributed by atoms with Gasteiger partial charge in [-0.2, -0.15) is 0 Å². The fraction of sp³-hybridized carbons (Fsp3) is 0. The molecule has 0 atom stereocenters. The van der Waals surface area contributed by atoms with Crippen molar-refractivity contribution in [1.82, 2.24) is 9.13 Å². The van der Waals surface area contributed by atoms with Crippen LogP contribution in [0.3, 0.4) is 0 Å². The molecule has 0 aliphatic heterocycles. The number of para-hydroxylation sites is 7. The van der Waals surface area contributed by atoms with Crippen molar-refractivity contribution >= 4 is 122 Å². The molecule has 366 valence electrons. The van der Waals surface area contributed by atoms with Crippen molar-refractivity contribution in [3.05, 3.63) is 279 Å². The molecule has 0 amide bonds. The van der Waals surface area contributed by atoms with Crippen LogP contribution in [0.4, 0.5) is 34.1 Å². The lowest BCUT2D eigenvalue weighted by Crippen LogP contribution is -2.13. The van der Waals surface area contributed by atoms with Crippen molar-refractivity contribution in [1.29, 1.82) is 0 Å². The van der Waals surface area contributed by atoms with Crippen LogP contribution in [-0.4, -0.2) is 9.13 Å². The van der Waals surface area contributed by atoms with Crippen LogP contribution in [-0.2, 0) is 0 Å². The van der Waals surface area contributed by atoms with Crippen molar-refractivity contribution in [3.8, 4) is 22.5 Å². The second-order valence-corrected chi connectivity index (χ2v) is 20.1. The zero-order chi connectivity index (χ0) is 51.3. The lowest BCUT2D eigenvalue weighted by atomic mass is 10.0.